The number of ether oxygens (including phenoxy) is 2. The van der Waals surface area contributed by atoms with Crippen LogP contribution in [-0.4, -0.2) is 49.9 Å². The monoisotopic (exact) mass is 363 g/mol. The van der Waals surface area contributed by atoms with Gasteiger partial charge in [-0.25, -0.2) is 4.98 Å². The SMILES string of the molecule is CCCCOC(C)C(=O)Nc1ccc2nc(N3CCOCC3)sc2c1. The minimum Gasteiger partial charge on any atom is -0.378 e. The first-order valence-electron chi connectivity index (χ1n) is 8.83. The van der Waals surface area contributed by atoms with E-state index in [1.807, 2.05) is 18.2 Å². The summed E-state index contributed by atoms with van der Waals surface area (Å²) in [6, 6.07) is 5.82. The molecule has 6 nitrogen and oxygen atoms in total. The highest BCUT2D eigenvalue weighted by atomic mass is 32.1. The highest BCUT2D eigenvalue weighted by Gasteiger charge is 2.17. The van der Waals surface area contributed by atoms with E-state index in [0.29, 0.717) is 6.61 Å². The average molecular weight is 363 g/mol. The maximum atomic E-state index is 12.2. The first kappa shape index (κ1) is 18.1. The van der Waals surface area contributed by atoms with Gasteiger partial charge in [0, 0.05) is 25.4 Å². The summed E-state index contributed by atoms with van der Waals surface area (Å²) in [4.78, 5) is 19.2. The zero-order valence-electron chi connectivity index (χ0n) is 14.8. The lowest BCUT2D eigenvalue weighted by Crippen LogP contribution is -2.36. The van der Waals surface area contributed by atoms with Crippen molar-refractivity contribution >= 4 is 38.3 Å². The number of carbonyl (C=O) groups excluding carboxylic acids is 1. The van der Waals surface area contributed by atoms with Crippen molar-refractivity contribution in [3.8, 4) is 0 Å². The Kier molecular flexibility index (Phi) is 6.23. The molecule has 1 atom stereocenters. The van der Waals surface area contributed by atoms with Gasteiger partial charge in [-0.05, 0) is 31.5 Å². The van der Waals surface area contributed by atoms with Crippen LogP contribution in [0.15, 0.2) is 18.2 Å². The first-order chi connectivity index (χ1) is 12.2. The molecule has 0 spiro atoms. The molecule has 1 amide bonds. The van der Waals surface area contributed by atoms with Crippen LogP contribution in [-0.2, 0) is 14.3 Å². The van der Waals surface area contributed by atoms with E-state index in [1.54, 1.807) is 18.3 Å². The second-order valence-corrected chi connectivity index (χ2v) is 7.14. The summed E-state index contributed by atoms with van der Waals surface area (Å²) in [5.41, 5.74) is 1.73. The fourth-order valence-corrected chi connectivity index (χ4v) is 3.66. The molecule has 25 heavy (non-hydrogen) atoms. The van der Waals surface area contributed by atoms with Crippen molar-refractivity contribution < 1.29 is 14.3 Å². The number of nitrogens with one attached hydrogen (secondary N) is 1. The zero-order valence-corrected chi connectivity index (χ0v) is 15.6. The third-order valence-electron chi connectivity index (χ3n) is 4.16. The van der Waals surface area contributed by atoms with Crippen LogP contribution in [0.5, 0.6) is 0 Å². The summed E-state index contributed by atoms with van der Waals surface area (Å²) in [7, 11) is 0. The quantitative estimate of drug-likeness (QED) is 0.765. The molecule has 1 N–H and O–H groups in total. The van der Waals surface area contributed by atoms with Gasteiger partial charge in [-0.3, -0.25) is 4.79 Å². The zero-order chi connectivity index (χ0) is 17.6. The molecule has 0 saturated carbocycles. The average Bonchev–Trinajstić information content (AvgIpc) is 3.06. The van der Waals surface area contributed by atoms with Gasteiger partial charge in [0.1, 0.15) is 6.10 Å². The largest absolute Gasteiger partial charge is 0.378 e. The third kappa shape index (κ3) is 4.68. The molecule has 1 aromatic carbocycles. The fraction of sp³-hybridized carbons (Fsp3) is 0.556. The summed E-state index contributed by atoms with van der Waals surface area (Å²) in [5.74, 6) is -0.117. The predicted octanol–water partition coefficient (Wildman–Crippen LogP) is 3.28. The number of thiazole rings is 1. The molecule has 1 saturated heterocycles. The minimum atomic E-state index is -0.451. The van der Waals surface area contributed by atoms with Crippen LogP contribution in [0.4, 0.5) is 10.8 Å². The standard InChI is InChI=1S/C18H25N3O3S/c1-3-4-9-24-13(2)17(22)19-14-5-6-15-16(12-14)25-18(20-15)21-7-10-23-11-8-21/h5-6,12-13H,3-4,7-11H2,1-2H3,(H,19,22). The van der Waals surface area contributed by atoms with Gasteiger partial charge < -0.3 is 19.7 Å². The molecular weight excluding hydrogens is 338 g/mol. The second-order valence-electron chi connectivity index (χ2n) is 6.13. The highest BCUT2D eigenvalue weighted by Crippen LogP contribution is 2.31. The van der Waals surface area contributed by atoms with Crippen molar-refractivity contribution in [2.24, 2.45) is 0 Å². The van der Waals surface area contributed by atoms with Gasteiger partial charge in [0.2, 0.25) is 0 Å². The Bertz CT molecular complexity index is 713. The Hall–Kier alpha value is -1.70. The number of benzene rings is 1. The molecule has 1 aromatic heterocycles. The molecule has 1 aliphatic rings. The van der Waals surface area contributed by atoms with Gasteiger partial charge in [-0.2, -0.15) is 0 Å². The number of aromatic nitrogens is 1. The number of hydrogen-bond acceptors (Lipinski definition) is 6. The maximum absolute atomic E-state index is 12.2. The summed E-state index contributed by atoms with van der Waals surface area (Å²) >= 11 is 1.65. The van der Waals surface area contributed by atoms with Crippen molar-refractivity contribution in [1.82, 2.24) is 4.98 Å². The Morgan fingerprint density at radius 3 is 3.00 bits per heavy atom. The van der Waals surface area contributed by atoms with Crippen LogP contribution in [0, 0.1) is 0 Å². The van der Waals surface area contributed by atoms with Crippen molar-refractivity contribution in [1.29, 1.82) is 0 Å². The van der Waals surface area contributed by atoms with Gasteiger partial charge in [0.25, 0.3) is 5.91 Å². The van der Waals surface area contributed by atoms with E-state index < -0.39 is 6.10 Å². The lowest BCUT2D eigenvalue weighted by Gasteiger charge is -2.25. The fourth-order valence-electron chi connectivity index (χ4n) is 2.60. The number of unbranched alkanes of at least 4 members (excludes halogenated alkanes) is 1. The minimum absolute atomic E-state index is 0.117. The van der Waals surface area contributed by atoms with E-state index in [-0.39, 0.29) is 5.91 Å². The summed E-state index contributed by atoms with van der Waals surface area (Å²) in [6.45, 7) is 7.73. The van der Waals surface area contributed by atoms with E-state index in [4.69, 9.17) is 14.5 Å². The summed E-state index contributed by atoms with van der Waals surface area (Å²) in [5, 5.41) is 3.94. The lowest BCUT2D eigenvalue weighted by molar-refractivity contribution is -0.126. The summed E-state index contributed by atoms with van der Waals surface area (Å²) in [6.07, 6.45) is 1.57. The molecule has 2 aromatic rings. The van der Waals surface area contributed by atoms with Gasteiger partial charge >= 0.3 is 0 Å². The Morgan fingerprint density at radius 2 is 2.24 bits per heavy atom. The number of rotatable bonds is 7. The normalized spacial score (nSPS) is 16.2. The molecule has 0 bridgehead atoms. The Morgan fingerprint density at radius 1 is 1.44 bits per heavy atom. The molecule has 1 aliphatic heterocycles. The van der Waals surface area contributed by atoms with Gasteiger partial charge in [0.05, 0.1) is 23.4 Å². The smallest absolute Gasteiger partial charge is 0.253 e. The number of fused-ring (bicyclic) bond motifs is 1. The maximum Gasteiger partial charge on any atom is 0.253 e. The molecule has 2 heterocycles. The van der Waals surface area contributed by atoms with E-state index in [9.17, 15) is 4.79 Å². The first-order valence-corrected chi connectivity index (χ1v) is 9.65. The molecule has 1 fully saturated rings. The summed E-state index contributed by atoms with van der Waals surface area (Å²) < 4.78 is 12.0. The van der Waals surface area contributed by atoms with Crippen molar-refractivity contribution in [2.45, 2.75) is 32.8 Å². The number of amides is 1. The van der Waals surface area contributed by atoms with Gasteiger partial charge in [-0.15, -0.1) is 0 Å². The molecule has 7 heteroatoms. The number of morpholine rings is 1. The van der Waals surface area contributed by atoms with Gasteiger partial charge in [0.15, 0.2) is 5.13 Å². The van der Waals surface area contributed by atoms with E-state index in [2.05, 4.69) is 17.1 Å². The van der Waals surface area contributed by atoms with E-state index in [0.717, 1.165) is 60.2 Å². The topological polar surface area (TPSA) is 63.7 Å². The van der Waals surface area contributed by atoms with E-state index >= 15 is 0 Å². The highest BCUT2D eigenvalue weighted by molar-refractivity contribution is 7.22. The molecule has 3 rings (SSSR count). The van der Waals surface area contributed by atoms with E-state index in [1.165, 1.54) is 0 Å². The van der Waals surface area contributed by atoms with Crippen molar-refractivity contribution in [3.05, 3.63) is 18.2 Å². The molecule has 0 aliphatic carbocycles. The molecule has 1 unspecified atom stereocenters. The second kappa shape index (κ2) is 8.60. The molecular formula is C18H25N3O3S. The van der Waals surface area contributed by atoms with Gasteiger partial charge in [-0.1, -0.05) is 24.7 Å². The molecule has 136 valence electrons. The van der Waals surface area contributed by atoms with Crippen LogP contribution >= 0.6 is 11.3 Å². The van der Waals surface area contributed by atoms with Crippen LogP contribution in [0.25, 0.3) is 10.2 Å². The number of hydrogen-bond donors (Lipinski definition) is 1. The molecule has 0 radical (unpaired) electrons. The van der Waals surface area contributed by atoms with Crippen molar-refractivity contribution in [3.63, 3.8) is 0 Å². The van der Waals surface area contributed by atoms with Crippen LogP contribution in [0.3, 0.4) is 0 Å². The predicted molar refractivity (Wildman–Crippen MR) is 102 cm³/mol. The Labute approximate surface area is 152 Å². The Balaban J connectivity index is 1.65. The van der Waals surface area contributed by atoms with Crippen LogP contribution in [0.2, 0.25) is 0 Å². The van der Waals surface area contributed by atoms with Crippen LogP contribution < -0.4 is 10.2 Å². The lowest BCUT2D eigenvalue weighted by atomic mass is 10.2. The third-order valence-corrected chi connectivity index (χ3v) is 5.24. The van der Waals surface area contributed by atoms with Crippen LogP contribution in [0.1, 0.15) is 26.7 Å². The number of carbonyl (C=O) groups is 1. The number of nitrogens with zero attached hydrogens (tertiary/aromatic N) is 2. The number of anilines is 2. The van der Waals surface area contributed by atoms with Crippen molar-refractivity contribution in [2.75, 3.05) is 43.1 Å².